The van der Waals surface area contributed by atoms with E-state index in [-0.39, 0.29) is 11.9 Å². The van der Waals surface area contributed by atoms with Crippen molar-refractivity contribution in [1.82, 2.24) is 9.30 Å². The lowest BCUT2D eigenvalue weighted by molar-refractivity contribution is -0.131. The molecule has 4 heteroatoms. The molecule has 2 heterocycles. The Morgan fingerprint density at radius 3 is 2.80 bits per heavy atom. The number of likely N-dealkylation sites (N-methyl/N-ethyl adjacent to an activating group) is 1. The standard InChI is InChI=1S/C16H22N2O2/c1-5-16(19)17(3)12(2)10-13-8-9-18-11-14(20-4)6-7-15(13)18/h6-9,11-12H,5,10H2,1-4H3. The lowest BCUT2D eigenvalue weighted by Gasteiger charge is -2.24. The van der Waals surface area contributed by atoms with Crippen LogP contribution in [0.25, 0.3) is 5.52 Å². The smallest absolute Gasteiger partial charge is 0.222 e. The number of nitrogens with zero attached hydrogens (tertiary/aromatic N) is 2. The highest BCUT2D eigenvalue weighted by Crippen LogP contribution is 2.20. The van der Waals surface area contributed by atoms with Gasteiger partial charge in [0.25, 0.3) is 0 Å². The van der Waals surface area contributed by atoms with Gasteiger partial charge >= 0.3 is 0 Å². The summed E-state index contributed by atoms with van der Waals surface area (Å²) in [6, 6.07) is 6.32. The Hall–Kier alpha value is -1.97. The first kappa shape index (κ1) is 14.4. The molecule has 0 saturated carbocycles. The number of rotatable bonds is 5. The molecule has 0 saturated heterocycles. The molecule has 108 valence electrons. The van der Waals surface area contributed by atoms with Crippen LogP contribution in [0, 0.1) is 0 Å². The second-order valence-electron chi connectivity index (χ2n) is 5.11. The number of carbonyl (C=O) groups is 1. The third-order valence-corrected chi connectivity index (χ3v) is 3.82. The van der Waals surface area contributed by atoms with Gasteiger partial charge in [-0.1, -0.05) is 6.92 Å². The Balaban J connectivity index is 2.19. The van der Waals surface area contributed by atoms with Crippen LogP contribution in [-0.2, 0) is 11.2 Å². The first-order chi connectivity index (χ1) is 9.56. The van der Waals surface area contributed by atoms with E-state index in [0.717, 1.165) is 17.7 Å². The van der Waals surface area contributed by atoms with E-state index in [2.05, 4.69) is 23.5 Å². The predicted molar refractivity (Wildman–Crippen MR) is 80.2 cm³/mol. The van der Waals surface area contributed by atoms with Crippen molar-refractivity contribution >= 4 is 11.4 Å². The quantitative estimate of drug-likeness (QED) is 0.840. The number of ether oxygens (including phenoxy) is 1. The highest BCUT2D eigenvalue weighted by molar-refractivity contribution is 5.75. The van der Waals surface area contributed by atoms with E-state index in [4.69, 9.17) is 4.74 Å². The van der Waals surface area contributed by atoms with Crippen LogP contribution in [-0.4, -0.2) is 35.4 Å². The van der Waals surface area contributed by atoms with E-state index >= 15 is 0 Å². The van der Waals surface area contributed by atoms with E-state index in [1.807, 2.05) is 37.3 Å². The fourth-order valence-corrected chi connectivity index (χ4v) is 2.39. The van der Waals surface area contributed by atoms with Crippen molar-refractivity contribution in [2.45, 2.75) is 32.7 Å². The highest BCUT2D eigenvalue weighted by atomic mass is 16.5. The van der Waals surface area contributed by atoms with Crippen LogP contribution in [0.4, 0.5) is 0 Å². The lowest BCUT2D eigenvalue weighted by atomic mass is 10.1. The zero-order chi connectivity index (χ0) is 14.7. The van der Waals surface area contributed by atoms with Crippen molar-refractivity contribution in [1.29, 1.82) is 0 Å². The summed E-state index contributed by atoms with van der Waals surface area (Å²) in [5.74, 6) is 1.02. The Morgan fingerprint density at radius 2 is 2.15 bits per heavy atom. The zero-order valence-corrected chi connectivity index (χ0v) is 12.6. The van der Waals surface area contributed by atoms with Gasteiger partial charge in [-0.3, -0.25) is 4.79 Å². The third kappa shape index (κ3) is 2.79. The van der Waals surface area contributed by atoms with E-state index in [1.54, 1.807) is 7.11 Å². The first-order valence-corrected chi connectivity index (χ1v) is 6.96. The monoisotopic (exact) mass is 274 g/mol. The van der Waals surface area contributed by atoms with Crippen LogP contribution in [0.1, 0.15) is 25.8 Å². The van der Waals surface area contributed by atoms with Crippen molar-refractivity contribution in [2.75, 3.05) is 14.2 Å². The number of amides is 1. The van der Waals surface area contributed by atoms with Crippen LogP contribution in [0.3, 0.4) is 0 Å². The van der Waals surface area contributed by atoms with Gasteiger partial charge < -0.3 is 14.0 Å². The Kier molecular flexibility index (Phi) is 4.32. The average molecular weight is 274 g/mol. The maximum atomic E-state index is 11.7. The van der Waals surface area contributed by atoms with Crippen LogP contribution in [0.15, 0.2) is 30.6 Å². The van der Waals surface area contributed by atoms with Crippen LogP contribution < -0.4 is 4.74 Å². The van der Waals surface area contributed by atoms with Gasteiger partial charge in [-0.05, 0) is 37.1 Å². The molecule has 20 heavy (non-hydrogen) atoms. The molecule has 0 spiro atoms. The fourth-order valence-electron chi connectivity index (χ4n) is 2.39. The van der Waals surface area contributed by atoms with Crippen LogP contribution in [0.5, 0.6) is 5.75 Å². The number of pyridine rings is 1. The molecule has 1 amide bonds. The minimum atomic E-state index is 0.183. The molecule has 0 aliphatic rings. The van der Waals surface area contributed by atoms with Crippen LogP contribution >= 0.6 is 0 Å². The van der Waals surface area contributed by atoms with E-state index in [1.165, 1.54) is 5.56 Å². The Morgan fingerprint density at radius 1 is 1.40 bits per heavy atom. The molecule has 0 aliphatic heterocycles. The molecule has 0 aliphatic carbocycles. The summed E-state index contributed by atoms with van der Waals surface area (Å²) in [4.78, 5) is 13.6. The summed E-state index contributed by atoms with van der Waals surface area (Å²) in [6.07, 6.45) is 5.39. The minimum Gasteiger partial charge on any atom is -0.495 e. The summed E-state index contributed by atoms with van der Waals surface area (Å²) in [5.41, 5.74) is 2.41. The molecule has 0 fully saturated rings. The predicted octanol–water partition coefficient (Wildman–Crippen LogP) is 2.75. The molecular weight excluding hydrogens is 252 g/mol. The van der Waals surface area contributed by atoms with Crippen molar-refractivity contribution in [3.8, 4) is 5.75 Å². The second-order valence-corrected chi connectivity index (χ2v) is 5.11. The molecule has 1 atom stereocenters. The molecule has 0 bridgehead atoms. The van der Waals surface area contributed by atoms with Crippen molar-refractivity contribution in [3.63, 3.8) is 0 Å². The average Bonchev–Trinajstić information content (AvgIpc) is 2.87. The van der Waals surface area contributed by atoms with Gasteiger partial charge in [0, 0.05) is 31.2 Å². The molecule has 2 rings (SSSR count). The van der Waals surface area contributed by atoms with Gasteiger partial charge in [-0.15, -0.1) is 0 Å². The summed E-state index contributed by atoms with van der Waals surface area (Å²) in [6.45, 7) is 3.98. The summed E-state index contributed by atoms with van der Waals surface area (Å²) in [7, 11) is 3.54. The van der Waals surface area contributed by atoms with Gasteiger partial charge in [0.2, 0.25) is 5.91 Å². The number of carbonyl (C=O) groups excluding carboxylic acids is 1. The van der Waals surface area contributed by atoms with Gasteiger partial charge in [-0.25, -0.2) is 0 Å². The number of methoxy groups -OCH3 is 1. The number of hydrogen-bond acceptors (Lipinski definition) is 2. The second kappa shape index (κ2) is 5.99. The molecule has 4 nitrogen and oxygen atoms in total. The summed E-state index contributed by atoms with van der Waals surface area (Å²) < 4.78 is 7.28. The maximum absolute atomic E-state index is 11.7. The molecule has 2 aromatic heterocycles. The van der Waals surface area contributed by atoms with Crippen LogP contribution in [0.2, 0.25) is 0 Å². The third-order valence-electron chi connectivity index (χ3n) is 3.82. The van der Waals surface area contributed by atoms with Gasteiger partial charge in [-0.2, -0.15) is 0 Å². The van der Waals surface area contributed by atoms with Gasteiger partial charge in [0.15, 0.2) is 0 Å². The Bertz CT molecular complexity index is 604. The number of fused-ring (bicyclic) bond motifs is 1. The SMILES string of the molecule is CCC(=O)N(C)C(C)Cc1ccn2cc(OC)ccc12. The summed E-state index contributed by atoms with van der Waals surface area (Å²) in [5, 5.41) is 0. The molecular formula is C16H22N2O2. The van der Waals surface area contributed by atoms with Gasteiger partial charge in [0.1, 0.15) is 5.75 Å². The molecule has 1 unspecified atom stereocenters. The lowest BCUT2D eigenvalue weighted by Crippen LogP contribution is -2.35. The van der Waals surface area contributed by atoms with E-state index in [0.29, 0.717) is 6.42 Å². The van der Waals surface area contributed by atoms with Crippen molar-refractivity contribution in [3.05, 3.63) is 36.2 Å². The molecule has 2 aromatic rings. The minimum absolute atomic E-state index is 0.183. The topological polar surface area (TPSA) is 34.0 Å². The largest absolute Gasteiger partial charge is 0.495 e. The molecule has 0 radical (unpaired) electrons. The molecule has 0 aromatic carbocycles. The van der Waals surface area contributed by atoms with E-state index in [9.17, 15) is 4.79 Å². The zero-order valence-electron chi connectivity index (χ0n) is 12.6. The Labute approximate surface area is 120 Å². The van der Waals surface area contributed by atoms with Crippen molar-refractivity contribution < 1.29 is 9.53 Å². The van der Waals surface area contributed by atoms with E-state index < -0.39 is 0 Å². The highest BCUT2D eigenvalue weighted by Gasteiger charge is 2.16. The van der Waals surface area contributed by atoms with Gasteiger partial charge in [0.05, 0.1) is 13.3 Å². The summed E-state index contributed by atoms with van der Waals surface area (Å²) >= 11 is 0. The first-order valence-electron chi connectivity index (χ1n) is 6.96. The number of hydrogen-bond donors (Lipinski definition) is 0. The number of aromatic nitrogens is 1. The normalized spacial score (nSPS) is 12.4. The molecule has 0 N–H and O–H groups in total. The fraction of sp³-hybridized carbons (Fsp3) is 0.438. The van der Waals surface area contributed by atoms with Crippen molar-refractivity contribution in [2.24, 2.45) is 0 Å². The maximum Gasteiger partial charge on any atom is 0.222 e.